The Hall–Kier alpha value is -2.70. The van der Waals surface area contributed by atoms with E-state index in [1.807, 2.05) is 0 Å². The molecule has 0 saturated carbocycles. The summed E-state index contributed by atoms with van der Waals surface area (Å²) in [4.78, 5) is 11.3. The number of hydrogen-bond acceptors (Lipinski definition) is 2. The number of hydrogen-bond donors (Lipinski definition) is 0. The Labute approximate surface area is 167 Å². The molecule has 7 heteroatoms. The maximum atomic E-state index is 15.0. The Morgan fingerprint density at radius 3 is 2.28 bits per heavy atom. The fraction of sp³-hybridized carbons (Fsp3) is 0.318. The van der Waals surface area contributed by atoms with Crippen LogP contribution in [0.15, 0.2) is 54.2 Å². The van der Waals surface area contributed by atoms with Crippen LogP contribution in [0.5, 0.6) is 0 Å². The summed E-state index contributed by atoms with van der Waals surface area (Å²) in [5.74, 6) is -3.68. The molecule has 1 aromatic rings. The zero-order valence-corrected chi connectivity index (χ0v) is 16.7. The third-order valence-corrected chi connectivity index (χ3v) is 4.15. The average Bonchev–Trinajstić information content (AvgIpc) is 2.63. The molecule has 1 aromatic carbocycles. The van der Waals surface area contributed by atoms with Gasteiger partial charge in [-0.15, -0.1) is 0 Å². The van der Waals surface area contributed by atoms with Crippen LogP contribution >= 0.6 is 0 Å². The number of esters is 1. The fourth-order valence-corrected chi connectivity index (χ4v) is 2.65. The Bertz CT molecular complexity index is 874. The van der Waals surface area contributed by atoms with Gasteiger partial charge in [0.15, 0.2) is 11.7 Å². The SMILES string of the molecule is C=C(\C=C(/C(F)=C(F)/C=C\C(=O)OCC)c1c(C)ccc(C(F)(F)F)c1C)CC. The molecular formula is C22H23F5O2. The molecule has 29 heavy (non-hydrogen) atoms. The van der Waals surface area contributed by atoms with Gasteiger partial charge in [0, 0.05) is 11.6 Å². The van der Waals surface area contributed by atoms with E-state index < -0.39 is 29.4 Å². The molecule has 0 spiro atoms. The van der Waals surface area contributed by atoms with Gasteiger partial charge in [-0.25, -0.2) is 13.6 Å². The standard InChI is InChI=1S/C22H23F5O2/c1-6-13(3)12-16(21(24)18(23)10-11-19(28)29-7-2)20-14(4)8-9-17(15(20)5)22(25,26)27/h8-12H,3,6-7H2,1-2,4-5H3/b11-10-,16-12-,21-18+. The van der Waals surface area contributed by atoms with Crippen molar-refractivity contribution >= 4 is 11.5 Å². The molecule has 0 fully saturated rings. The smallest absolute Gasteiger partial charge is 0.416 e. The lowest BCUT2D eigenvalue weighted by Gasteiger charge is -2.18. The average molecular weight is 414 g/mol. The normalized spacial score (nSPS) is 13.5. The lowest BCUT2D eigenvalue weighted by Crippen LogP contribution is -2.10. The fourth-order valence-electron chi connectivity index (χ4n) is 2.65. The summed E-state index contributed by atoms with van der Waals surface area (Å²) in [6, 6.07) is 2.10. The lowest BCUT2D eigenvalue weighted by atomic mass is 9.89. The van der Waals surface area contributed by atoms with Gasteiger partial charge in [-0.2, -0.15) is 13.2 Å². The van der Waals surface area contributed by atoms with Gasteiger partial charge in [0.05, 0.1) is 12.2 Å². The zero-order chi connectivity index (χ0) is 22.4. The highest BCUT2D eigenvalue weighted by molar-refractivity contribution is 5.85. The minimum absolute atomic E-state index is 0.0566. The molecular weight excluding hydrogens is 391 g/mol. The predicted molar refractivity (Wildman–Crippen MR) is 103 cm³/mol. The monoisotopic (exact) mass is 414 g/mol. The molecule has 0 aliphatic rings. The molecule has 0 saturated heterocycles. The van der Waals surface area contributed by atoms with E-state index in [9.17, 15) is 26.7 Å². The minimum Gasteiger partial charge on any atom is -0.463 e. The van der Waals surface area contributed by atoms with Crippen molar-refractivity contribution < 1.29 is 31.5 Å². The van der Waals surface area contributed by atoms with Crippen molar-refractivity contribution in [1.29, 1.82) is 0 Å². The van der Waals surface area contributed by atoms with E-state index in [1.165, 1.54) is 26.0 Å². The highest BCUT2D eigenvalue weighted by Crippen LogP contribution is 2.39. The molecule has 0 radical (unpaired) electrons. The second kappa shape index (κ2) is 10.2. The molecule has 0 heterocycles. The van der Waals surface area contributed by atoms with Crippen molar-refractivity contribution in [3.63, 3.8) is 0 Å². The largest absolute Gasteiger partial charge is 0.463 e. The van der Waals surface area contributed by atoms with Crippen LogP contribution < -0.4 is 0 Å². The van der Waals surface area contributed by atoms with Gasteiger partial charge in [0.2, 0.25) is 0 Å². The van der Waals surface area contributed by atoms with Crippen molar-refractivity contribution in [2.24, 2.45) is 0 Å². The van der Waals surface area contributed by atoms with Crippen molar-refractivity contribution in [3.05, 3.63) is 76.4 Å². The molecule has 1 rings (SSSR count). The van der Waals surface area contributed by atoms with Gasteiger partial charge < -0.3 is 4.74 Å². The van der Waals surface area contributed by atoms with Crippen molar-refractivity contribution in [1.82, 2.24) is 0 Å². The molecule has 0 aliphatic heterocycles. The van der Waals surface area contributed by atoms with Crippen molar-refractivity contribution in [2.75, 3.05) is 6.61 Å². The molecule has 158 valence electrons. The lowest BCUT2D eigenvalue weighted by molar-refractivity contribution is -0.138. The van der Waals surface area contributed by atoms with E-state index >= 15 is 0 Å². The number of halogens is 5. The third-order valence-electron chi connectivity index (χ3n) is 4.15. The molecule has 0 amide bonds. The van der Waals surface area contributed by atoms with E-state index in [-0.39, 0.29) is 23.3 Å². The van der Waals surface area contributed by atoms with Crippen LogP contribution in [0, 0.1) is 13.8 Å². The quantitative estimate of drug-likeness (QED) is 0.209. The minimum atomic E-state index is -4.65. The molecule has 0 unspecified atom stereocenters. The number of carbonyl (C=O) groups excluding carboxylic acids is 1. The Kier molecular flexibility index (Phi) is 8.55. The van der Waals surface area contributed by atoms with E-state index in [2.05, 4.69) is 11.3 Å². The van der Waals surface area contributed by atoms with Gasteiger partial charge >= 0.3 is 12.1 Å². The maximum Gasteiger partial charge on any atom is 0.416 e. The van der Waals surface area contributed by atoms with Crippen LogP contribution in [-0.4, -0.2) is 12.6 Å². The van der Waals surface area contributed by atoms with E-state index in [1.54, 1.807) is 13.8 Å². The third kappa shape index (κ3) is 6.41. The topological polar surface area (TPSA) is 26.3 Å². The van der Waals surface area contributed by atoms with Crippen LogP contribution in [0.3, 0.4) is 0 Å². The molecule has 0 atom stereocenters. The van der Waals surface area contributed by atoms with E-state index in [0.29, 0.717) is 29.7 Å². The zero-order valence-electron chi connectivity index (χ0n) is 16.7. The summed E-state index contributed by atoms with van der Waals surface area (Å²) < 4.78 is 73.9. The maximum absolute atomic E-state index is 15.0. The molecule has 2 nitrogen and oxygen atoms in total. The summed E-state index contributed by atoms with van der Waals surface area (Å²) in [5.41, 5.74) is -0.890. The van der Waals surface area contributed by atoms with Gasteiger partial charge in [-0.1, -0.05) is 25.1 Å². The second-order valence-corrected chi connectivity index (χ2v) is 6.24. The second-order valence-electron chi connectivity index (χ2n) is 6.24. The van der Waals surface area contributed by atoms with Crippen molar-refractivity contribution in [3.8, 4) is 0 Å². The molecule has 0 N–H and O–H groups in total. The summed E-state index contributed by atoms with van der Waals surface area (Å²) >= 11 is 0. The first-order valence-electron chi connectivity index (χ1n) is 8.91. The number of aryl methyl sites for hydroxylation is 1. The molecule has 0 bridgehead atoms. The Balaban J connectivity index is 3.69. The Morgan fingerprint density at radius 1 is 1.14 bits per heavy atom. The summed E-state index contributed by atoms with van der Waals surface area (Å²) in [7, 11) is 0. The van der Waals surface area contributed by atoms with Gasteiger partial charge in [-0.05, 0) is 62.1 Å². The molecule has 0 aliphatic carbocycles. The number of carbonyl (C=O) groups is 1. The van der Waals surface area contributed by atoms with E-state index in [0.717, 1.165) is 6.07 Å². The number of alkyl halides is 3. The highest BCUT2D eigenvalue weighted by atomic mass is 19.4. The number of rotatable bonds is 7. The van der Waals surface area contributed by atoms with Crippen LogP contribution in [0.2, 0.25) is 0 Å². The first kappa shape index (κ1) is 24.3. The number of allylic oxidation sites excluding steroid dienone is 6. The van der Waals surface area contributed by atoms with Gasteiger partial charge in [-0.3, -0.25) is 0 Å². The summed E-state index contributed by atoms with van der Waals surface area (Å²) in [6.45, 7) is 9.74. The van der Waals surface area contributed by atoms with Crippen LogP contribution in [0.25, 0.3) is 5.57 Å². The van der Waals surface area contributed by atoms with Crippen LogP contribution in [-0.2, 0) is 15.7 Å². The van der Waals surface area contributed by atoms with Crippen LogP contribution in [0.4, 0.5) is 22.0 Å². The predicted octanol–water partition coefficient (Wildman–Crippen LogP) is 6.94. The molecule has 0 aromatic heterocycles. The first-order valence-corrected chi connectivity index (χ1v) is 8.91. The van der Waals surface area contributed by atoms with Gasteiger partial charge in [0.25, 0.3) is 0 Å². The number of ether oxygens (including phenoxy) is 1. The Morgan fingerprint density at radius 2 is 1.76 bits per heavy atom. The summed E-state index contributed by atoms with van der Waals surface area (Å²) in [6.07, 6.45) is -1.77. The van der Waals surface area contributed by atoms with Crippen molar-refractivity contribution in [2.45, 2.75) is 40.3 Å². The van der Waals surface area contributed by atoms with Crippen LogP contribution in [0.1, 0.15) is 42.5 Å². The van der Waals surface area contributed by atoms with E-state index in [4.69, 9.17) is 0 Å². The van der Waals surface area contributed by atoms with Gasteiger partial charge in [0.1, 0.15) is 0 Å². The first-order chi connectivity index (χ1) is 13.4. The summed E-state index contributed by atoms with van der Waals surface area (Å²) in [5, 5.41) is 0. The number of benzene rings is 1. The highest BCUT2D eigenvalue weighted by Gasteiger charge is 2.34.